The number of ether oxygens (including phenoxy) is 1. The van der Waals surface area contributed by atoms with E-state index in [0.717, 1.165) is 29.8 Å². The molecule has 0 aromatic heterocycles. The molecule has 0 saturated heterocycles. The number of nitro groups is 2. The zero-order valence-electron chi connectivity index (χ0n) is 17.8. The molecule has 3 aromatic rings. The van der Waals surface area contributed by atoms with E-state index in [1.807, 2.05) is 13.0 Å². The molecule has 0 fully saturated rings. The lowest BCUT2D eigenvalue weighted by atomic mass is 10.1. The number of carbonyl (C=O) groups excluding carboxylic acids is 1. The highest BCUT2D eigenvalue weighted by Crippen LogP contribution is 2.41. The fourth-order valence-electron chi connectivity index (χ4n) is 2.98. The monoisotopic (exact) mass is 512 g/mol. The number of halogens is 2. The maximum atomic E-state index is 12.7. The molecule has 0 bridgehead atoms. The number of aryl methyl sites for hydroxylation is 1. The number of hydrogen-bond donors (Lipinski definition) is 1. The Kier molecular flexibility index (Phi) is 7.66. The Morgan fingerprint density at radius 3 is 2.46 bits per heavy atom. The van der Waals surface area contributed by atoms with Gasteiger partial charge in [-0.3, -0.25) is 25.0 Å². The van der Waals surface area contributed by atoms with Gasteiger partial charge in [0.05, 0.1) is 20.9 Å². The summed E-state index contributed by atoms with van der Waals surface area (Å²) in [6, 6.07) is 14.2. The third-order valence-electron chi connectivity index (χ3n) is 4.54. The van der Waals surface area contributed by atoms with Crippen LogP contribution in [0.15, 0.2) is 60.2 Å². The summed E-state index contributed by atoms with van der Waals surface area (Å²) in [4.78, 5) is 33.5. The van der Waals surface area contributed by atoms with Crippen LogP contribution < -0.4 is 10.1 Å². The molecule has 0 aliphatic heterocycles. The van der Waals surface area contributed by atoms with Gasteiger partial charge in [-0.2, -0.15) is 5.26 Å². The fourth-order valence-corrected chi connectivity index (χ4v) is 3.53. The van der Waals surface area contributed by atoms with Gasteiger partial charge in [0, 0.05) is 22.3 Å². The lowest BCUT2D eigenvalue weighted by Gasteiger charge is -2.12. The molecular weight excluding hydrogens is 499 g/mol. The van der Waals surface area contributed by atoms with Crippen molar-refractivity contribution < 1.29 is 19.4 Å². The van der Waals surface area contributed by atoms with E-state index in [0.29, 0.717) is 5.69 Å². The number of nitriles is 1. The van der Waals surface area contributed by atoms with Gasteiger partial charge in [0.2, 0.25) is 5.75 Å². The van der Waals surface area contributed by atoms with E-state index in [1.165, 1.54) is 12.1 Å². The number of benzene rings is 3. The second-order valence-electron chi connectivity index (χ2n) is 7.07. The van der Waals surface area contributed by atoms with Gasteiger partial charge in [0.25, 0.3) is 11.6 Å². The molecule has 0 unspecified atom stereocenters. The Bertz CT molecular complexity index is 1430. The number of amides is 1. The van der Waals surface area contributed by atoms with Crippen molar-refractivity contribution in [2.45, 2.75) is 6.92 Å². The summed E-state index contributed by atoms with van der Waals surface area (Å²) in [5.41, 5.74) is -0.0756. The van der Waals surface area contributed by atoms with Gasteiger partial charge in [-0.15, -0.1) is 0 Å². The van der Waals surface area contributed by atoms with E-state index in [2.05, 4.69) is 5.32 Å². The summed E-state index contributed by atoms with van der Waals surface area (Å²) >= 11 is 12.3. The van der Waals surface area contributed by atoms with Crippen molar-refractivity contribution in [2.24, 2.45) is 0 Å². The fraction of sp³-hybridized carbons (Fsp3) is 0.0435. The van der Waals surface area contributed by atoms with Crippen LogP contribution in [0.25, 0.3) is 6.08 Å². The maximum Gasteiger partial charge on any atom is 0.318 e. The number of non-ortho nitro benzene ring substituents is 1. The van der Waals surface area contributed by atoms with Crippen LogP contribution in [0.3, 0.4) is 0 Å². The quantitative estimate of drug-likeness (QED) is 0.165. The molecule has 12 heteroatoms. The molecule has 0 radical (unpaired) electrons. The minimum Gasteiger partial charge on any atom is -0.448 e. The Labute approximate surface area is 208 Å². The van der Waals surface area contributed by atoms with Gasteiger partial charge in [-0.25, -0.2) is 0 Å². The SMILES string of the molecule is Cc1cccc(NC(=O)/C(C#N)=C/c2cc(Cl)cc(Cl)c2Oc2ccc([N+](=O)[O-])cc2[N+](=O)[O-])c1. The third kappa shape index (κ3) is 6.11. The Morgan fingerprint density at radius 1 is 1.09 bits per heavy atom. The van der Waals surface area contributed by atoms with E-state index in [4.69, 9.17) is 27.9 Å². The van der Waals surface area contributed by atoms with Crippen LogP contribution in [0.2, 0.25) is 10.0 Å². The van der Waals surface area contributed by atoms with Gasteiger partial charge in [0.1, 0.15) is 11.6 Å². The van der Waals surface area contributed by atoms with E-state index in [9.17, 15) is 30.3 Å². The van der Waals surface area contributed by atoms with Gasteiger partial charge >= 0.3 is 5.69 Å². The van der Waals surface area contributed by atoms with E-state index in [1.54, 1.807) is 24.3 Å². The number of rotatable bonds is 7. The molecule has 0 aliphatic rings. The smallest absolute Gasteiger partial charge is 0.318 e. The molecule has 0 atom stereocenters. The van der Waals surface area contributed by atoms with Crippen LogP contribution in [0.4, 0.5) is 17.1 Å². The minimum absolute atomic E-state index is 0.0751. The van der Waals surface area contributed by atoms with Crippen LogP contribution in [-0.2, 0) is 4.79 Å². The average molecular weight is 513 g/mol. The summed E-state index contributed by atoms with van der Waals surface area (Å²) in [5, 5.41) is 34.7. The number of nitro benzene ring substituents is 2. The average Bonchev–Trinajstić information content (AvgIpc) is 2.79. The molecule has 35 heavy (non-hydrogen) atoms. The molecule has 10 nitrogen and oxygen atoms in total. The highest BCUT2D eigenvalue weighted by Gasteiger charge is 2.23. The topological polar surface area (TPSA) is 148 Å². The summed E-state index contributed by atoms with van der Waals surface area (Å²) in [7, 11) is 0. The first kappa shape index (κ1) is 25.2. The van der Waals surface area contributed by atoms with Gasteiger partial charge < -0.3 is 10.1 Å². The second-order valence-corrected chi connectivity index (χ2v) is 7.91. The zero-order chi connectivity index (χ0) is 25.7. The lowest BCUT2D eigenvalue weighted by molar-refractivity contribution is -0.394. The first-order valence-electron chi connectivity index (χ1n) is 9.68. The predicted octanol–water partition coefficient (Wildman–Crippen LogP) is 6.46. The Morgan fingerprint density at radius 2 is 1.83 bits per heavy atom. The number of hydrogen-bond acceptors (Lipinski definition) is 7. The predicted molar refractivity (Wildman–Crippen MR) is 130 cm³/mol. The first-order valence-corrected chi connectivity index (χ1v) is 10.4. The van der Waals surface area contributed by atoms with Crippen molar-refractivity contribution in [2.75, 3.05) is 5.32 Å². The molecule has 0 heterocycles. The Balaban J connectivity index is 2.04. The summed E-state index contributed by atoms with van der Waals surface area (Å²) in [6.07, 6.45) is 1.16. The van der Waals surface area contributed by atoms with Crippen LogP contribution >= 0.6 is 23.2 Å². The van der Waals surface area contributed by atoms with Crippen LogP contribution in [0, 0.1) is 38.5 Å². The van der Waals surface area contributed by atoms with Crippen molar-refractivity contribution in [3.8, 4) is 17.6 Å². The van der Waals surface area contributed by atoms with E-state index < -0.39 is 27.1 Å². The molecule has 0 aliphatic carbocycles. The van der Waals surface area contributed by atoms with Crippen molar-refractivity contribution >= 4 is 52.2 Å². The highest BCUT2D eigenvalue weighted by atomic mass is 35.5. The zero-order valence-corrected chi connectivity index (χ0v) is 19.3. The van der Waals surface area contributed by atoms with Crippen molar-refractivity contribution in [1.82, 2.24) is 0 Å². The summed E-state index contributed by atoms with van der Waals surface area (Å²) in [6.45, 7) is 1.84. The summed E-state index contributed by atoms with van der Waals surface area (Å²) in [5.74, 6) is -1.22. The highest BCUT2D eigenvalue weighted by molar-refractivity contribution is 6.36. The number of nitrogens with one attached hydrogen (secondary N) is 1. The molecule has 3 aromatic carbocycles. The molecule has 0 spiro atoms. The second kappa shape index (κ2) is 10.6. The standard InChI is InChI=1S/C23H14Cl2N4O6/c1-13-3-2-4-17(7-13)27-23(30)15(12-26)8-14-9-16(24)10-19(25)22(14)35-21-6-5-18(28(31)32)11-20(21)29(33)34/h2-11H,1H3,(H,27,30)/b15-8+. The molecular formula is C23H14Cl2N4O6. The van der Waals surface area contributed by atoms with Crippen LogP contribution in [0.1, 0.15) is 11.1 Å². The molecule has 0 saturated carbocycles. The van der Waals surface area contributed by atoms with Crippen molar-refractivity contribution in [1.29, 1.82) is 5.26 Å². The Hall–Kier alpha value is -4.46. The van der Waals surface area contributed by atoms with Crippen LogP contribution in [-0.4, -0.2) is 15.8 Å². The molecule has 3 rings (SSSR count). The molecule has 1 N–H and O–H groups in total. The largest absolute Gasteiger partial charge is 0.448 e. The third-order valence-corrected chi connectivity index (χ3v) is 5.04. The number of anilines is 1. The lowest BCUT2D eigenvalue weighted by Crippen LogP contribution is -2.13. The maximum absolute atomic E-state index is 12.7. The van der Waals surface area contributed by atoms with Gasteiger partial charge in [-0.05, 0) is 48.9 Å². The van der Waals surface area contributed by atoms with E-state index >= 15 is 0 Å². The van der Waals surface area contributed by atoms with Gasteiger partial charge in [-0.1, -0.05) is 35.3 Å². The van der Waals surface area contributed by atoms with Crippen molar-refractivity contribution in [3.63, 3.8) is 0 Å². The first-order chi connectivity index (χ1) is 16.6. The minimum atomic E-state index is -0.850. The van der Waals surface area contributed by atoms with Crippen LogP contribution in [0.5, 0.6) is 11.5 Å². The summed E-state index contributed by atoms with van der Waals surface area (Å²) < 4.78 is 5.64. The number of nitrogens with zero attached hydrogens (tertiary/aromatic N) is 3. The van der Waals surface area contributed by atoms with Crippen molar-refractivity contribution in [3.05, 3.63) is 102 Å². The molecule has 176 valence electrons. The molecule has 1 amide bonds. The van der Waals surface area contributed by atoms with E-state index in [-0.39, 0.29) is 32.7 Å². The normalized spacial score (nSPS) is 10.9. The van der Waals surface area contributed by atoms with Gasteiger partial charge in [0.15, 0.2) is 5.75 Å². The number of carbonyl (C=O) groups is 1.